The molecule has 3 rings (SSSR count). The van der Waals surface area contributed by atoms with Gasteiger partial charge in [0, 0.05) is 5.02 Å². The molecule has 0 bridgehead atoms. The number of fused-ring (bicyclic) bond motifs is 1. The molecule has 27 heavy (non-hydrogen) atoms. The molecule has 0 aliphatic carbocycles. The Morgan fingerprint density at radius 3 is 2.67 bits per heavy atom. The minimum atomic E-state index is -0.917. The van der Waals surface area contributed by atoms with E-state index in [0.717, 1.165) is 0 Å². The third-order valence-corrected chi connectivity index (χ3v) is 4.58. The van der Waals surface area contributed by atoms with Gasteiger partial charge in [-0.25, -0.2) is 4.79 Å². The van der Waals surface area contributed by atoms with Crippen molar-refractivity contribution in [1.82, 2.24) is 0 Å². The van der Waals surface area contributed by atoms with Gasteiger partial charge in [0.25, 0.3) is 5.91 Å². The van der Waals surface area contributed by atoms with Gasteiger partial charge in [0.05, 0.1) is 24.4 Å². The summed E-state index contributed by atoms with van der Waals surface area (Å²) in [6, 6.07) is 11.7. The monoisotopic (exact) mass is 409 g/mol. The molecular formula is C19H17Cl2NO5. The summed E-state index contributed by atoms with van der Waals surface area (Å²) >= 11 is 12.0. The highest BCUT2D eigenvalue weighted by Crippen LogP contribution is 2.34. The summed E-state index contributed by atoms with van der Waals surface area (Å²) in [6.45, 7) is 1.63. The highest BCUT2D eigenvalue weighted by atomic mass is 35.5. The number of ether oxygens (including phenoxy) is 3. The van der Waals surface area contributed by atoms with Crippen molar-refractivity contribution in [3.8, 4) is 11.5 Å². The third-order valence-electron chi connectivity index (χ3n) is 4.05. The van der Waals surface area contributed by atoms with Crippen molar-refractivity contribution in [2.24, 2.45) is 0 Å². The van der Waals surface area contributed by atoms with Crippen LogP contribution in [0.4, 0.5) is 5.69 Å². The van der Waals surface area contributed by atoms with E-state index >= 15 is 0 Å². The van der Waals surface area contributed by atoms with Crippen molar-refractivity contribution >= 4 is 40.8 Å². The van der Waals surface area contributed by atoms with Crippen LogP contribution in [0.5, 0.6) is 11.5 Å². The molecule has 8 heteroatoms. The maximum Gasteiger partial charge on any atom is 0.348 e. The second kappa shape index (κ2) is 8.06. The lowest BCUT2D eigenvalue weighted by Gasteiger charge is -2.34. The number of carbonyl (C=O) groups excluding carboxylic acids is 2. The normalized spacial score (nSPS) is 16.7. The van der Waals surface area contributed by atoms with E-state index in [0.29, 0.717) is 27.2 Å². The lowest BCUT2D eigenvalue weighted by Crippen LogP contribution is -2.51. The largest absolute Gasteiger partial charge is 0.479 e. The van der Waals surface area contributed by atoms with Crippen LogP contribution in [0.25, 0.3) is 0 Å². The quantitative estimate of drug-likeness (QED) is 0.719. The molecule has 142 valence electrons. The van der Waals surface area contributed by atoms with Crippen LogP contribution in [0.2, 0.25) is 10.0 Å². The summed E-state index contributed by atoms with van der Waals surface area (Å²) in [7, 11) is 1.27. The predicted octanol–water partition coefficient (Wildman–Crippen LogP) is 3.73. The number of nitrogens with zero attached hydrogens (tertiary/aromatic N) is 1. The van der Waals surface area contributed by atoms with Gasteiger partial charge in [-0.2, -0.15) is 0 Å². The summed E-state index contributed by atoms with van der Waals surface area (Å²) in [5, 5.41) is 0.770. The van der Waals surface area contributed by atoms with Gasteiger partial charge >= 0.3 is 5.97 Å². The molecule has 1 amide bonds. The minimum Gasteiger partial charge on any atom is -0.479 e. The highest BCUT2D eigenvalue weighted by Gasteiger charge is 2.36. The molecular weight excluding hydrogens is 393 g/mol. The van der Waals surface area contributed by atoms with Crippen LogP contribution in [0.3, 0.4) is 0 Å². The van der Waals surface area contributed by atoms with Crippen LogP contribution in [0.1, 0.15) is 6.92 Å². The molecule has 0 aromatic heterocycles. The summed E-state index contributed by atoms with van der Waals surface area (Å²) in [5.41, 5.74) is 0.556. The van der Waals surface area contributed by atoms with E-state index in [1.807, 2.05) is 0 Å². The first-order valence-electron chi connectivity index (χ1n) is 8.17. The summed E-state index contributed by atoms with van der Waals surface area (Å²) in [5.74, 6) is -0.139. The van der Waals surface area contributed by atoms with Gasteiger partial charge in [0.2, 0.25) is 6.10 Å². The van der Waals surface area contributed by atoms with Crippen molar-refractivity contribution in [1.29, 1.82) is 0 Å². The molecule has 0 saturated heterocycles. The van der Waals surface area contributed by atoms with Crippen molar-refractivity contribution in [3.63, 3.8) is 0 Å². The van der Waals surface area contributed by atoms with Gasteiger partial charge in [0.1, 0.15) is 11.5 Å². The number of para-hydroxylation sites is 2. The van der Waals surface area contributed by atoms with E-state index in [-0.39, 0.29) is 12.5 Å². The second-order valence-electron chi connectivity index (χ2n) is 5.88. The first-order valence-corrected chi connectivity index (χ1v) is 8.93. The predicted molar refractivity (Wildman–Crippen MR) is 102 cm³/mol. The Morgan fingerprint density at radius 1 is 1.22 bits per heavy atom. The highest BCUT2D eigenvalue weighted by molar-refractivity contribution is 6.35. The van der Waals surface area contributed by atoms with Gasteiger partial charge in [-0.15, -0.1) is 0 Å². The van der Waals surface area contributed by atoms with E-state index in [9.17, 15) is 9.59 Å². The van der Waals surface area contributed by atoms with Crippen LogP contribution in [0, 0.1) is 0 Å². The van der Waals surface area contributed by atoms with E-state index in [1.54, 1.807) is 43.3 Å². The SMILES string of the molecule is COC(=O)[C@@H]1CN(C(=O)[C@H](C)Oc2ccc(Cl)cc2Cl)c2ccccc2O1. The standard InChI is InChI=1S/C19H17Cl2NO5/c1-11(26-15-8-7-12(20)9-13(15)21)18(23)22-10-17(19(24)25-2)27-16-6-4-3-5-14(16)22/h3-9,11,17H,10H2,1-2H3/t11-,17-/m0/s1. The molecule has 0 saturated carbocycles. The number of anilines is 1. The van der Waals surface area contributed by atoms with Gasteiger partial charge in [-0.05, 0) is 37.3 Å². The molecule has 1 aliphatic heterocycles. The molecule has 2 aromatic carbocycles. The Hall–Kier alpha value is -2.44. The first kappa shape index (κ1) is 19.3. The number of esters is 1. The fourth-order valence-electron chi connectivity index (χ4n) is 2.73. The van der Waals surface area contributed by atoms with Crippen molar-refractivity contribution in [2.75, 3.05) is 18.6 Å². The fraction of sp³-hybridized carbons (Fsp3) is 0.263. The molecule has 0 fully saturated rings. The molecule has 0 unspecified atom stereocenters. The average Bonchev–Trinajstić information content (AvgIpc) is 2.67. The number of benzene rings is 2. The Bertz CT molecular complexity index is 873. The third kappa shape index (κ3) is 4.12. The number of methoxy groups -OCH3 is 1. The second-order valence-corrected chi connectivity index (χ2v) is 6.72. The van der Waals surface area contributed by atoms with Crippen molar-refractivity contribution < 1.29 is 23.8 Å². The Balaban J connectivity index is 1.84. The Morgan fingerprint density at radius 2 is 1.96 bits per heavy atom. The maximum atomic E-state index is 13.0. The van der Waals surface area contributed by atoms with Crippen LogP contribution in [-0.4, -0.2) is 37.7 Å². The van der Waals surface area contributed by atoms with Gasteiger partial charge in [-0.3, -0.25) is 4.79 Å². The smallest absolute Gasteiger partial charge is 0.348 e. The van der Waals surface area contributed by atoms with E-state index < -0.39 is 18.2 Å². The summed E-state index contributed by atoms with van der Waals surface area (Å²) in [6.07, 6.45) is -1.77. The Labute approximate surface area is 166 Å². The zero-order chi connectivity index (χ0) is 19.6. The molecule has 6 nitrogen and oxygen atoms in total. The first-order chi connectivity index (χ1) is 12.9. The molecule has 0 spiro atoms. The number of amides is 1. The molecule has 1 heterocycles. The zero-order valence-corrected chi connectivity index (χ0v) is 16.2. The molecule has 0 N–H and O–H groups in total. The minimum absolute atomic E-state index is 0.0184. The molecule has 1 aliphatic rings. The topological polar surface area (TPSA) is 65.1 Å². The van der Waals surface area contributed by atoms with Crippen molar-refractivity contribution in [3.05, 3.63) is 52.5 Å². The van der Waals surface area contributed by atoms with Crippen molar-refractivity contribution in [2.45, 2.75) is 19.1 Å². The van der Waals surface area contributed by atoms with Crippen LogP contribution < -0.4 is 14.4 Å². The number of rotatable bonds is 4. The number of hydrogen-bond acceptors (Lipinski definition) is 5. The van der Waals surface area contributed by atoms with Gasteiger partial charge in [-0.1, -0.05) is 35.3 Å². The molecule has 0 radical (unpaired) electrons. The number of halogens is 2. The molecule has 2 aromatic rings. The fourth-order valence-corrected chi connectivity index (χ4v) is 3.18. The molecule has 2 atom stereocenters. The lowest BCUT2D eigenvalue weighted by atomic mass is 10.1. The zero-order valence-electron chi connectivity index (χ0n) is 14.6. The maximum absolute atomic E-state index is 13.0. The van der Waals surface area contributed by atoms with Crippen LogP contribution in [-0.2, 0) is 14.3 Å². The Kier molecular flexibility index (Phi) is 5.77. The lowest BCUT2D eigenvalue weighted by molar-refractivity contribution is -0.148. The van der Waals surface area contributed by atoms with E-state index in [1.165, 1.54) is 18.1 Å². The summed E-state index contributed by atoms with van der Waals surface area (Å²) < 4.78 is 16.1. The van der Waals surface area contributed by atoms with E-state index in [4.69, 9.17) is 37.4 Å². The van der Waals surface area contributed by atoms with E-state index in [2.05, 4.69) is 0 Å². The van der Waals surface area contributed by atoms with Crippen LogP contribution >= 0.6 is 23.2 Å². The number of carbonyl (C=O) groups is 2. The van der Waals surface area contributed by atoms with Gasteiger partial charge in [0.15, 0.2) is 6.10 Å². The average molecular weight is 410 g/mol. The van der Waals surface area contributed by atoms with Crippen LogP contribution in [0.15, 0.2) is 42.5 Å². The summed E-state index contributed by atoms with van der Waals surface area (Å²) in [4.78, 5) is 26.4. The number of hydrogen-bond donors (Lipinski definition) is 0. The van der Waals surface area contributed by atoms with Gasteiger partial charge < -0.3 is 19.1 Å².